The number of aryl methyl sites for hydroxylation is 1. The van der Waals surface area contributed by atoms with E-state index in [0.29, 0.717) is 11.7 Å². The van der Waals surface area contributed by atoms with Crippen LogP contribution in [0.4, 0.5) is 0 Å². The molecule has 0 saturated carbocycles. The molecule has 3 rings (SSSR count). The van der Waals surface area contributed by atoms with Crippen LogP contribution >= 0.6 is 0 Å². The second-order valence-electron chi connectivity index (χ2n) is 6.26. The van der Waals surface area contributed by atoms with Gasteiger partial charge in [0.15, 0.2) is 5.82 Å². The van der Waals surface area contributed by atoms with E-state index in [1.54, 1.807) is 26.5 Å². The number of hydrogen-bond donors (Lipinski definition) is 1. The Morgan fingerprint density at radius 2 is 1.90 bits per heavy atom. The molecular weight excluding hydrogens is 374 g/mol. The summed E-state index contributed by atoms with van der Waals surface area (Å²) >= 11 is 0. The van der Waals surface area contributed by atoms with Gasteiger partial charge in [0.1, 0.15) is 5.75 Å². The molecule has 0 radical (unpaired) electrons. The summed E-state index contributed by atoms with van der Waals surface area (Å²) in [4.78, 5) is 19.4. The molecule has 0 aliphatic heterocycles. The Hall–Kier alpha value is -3.46. The molecule has 9 nitrogen and oxygen atoms in total. The van der Waals surface area contributed by atoms with Crippen LogP contribution < -0.4 is 9.47 Å². The number of benzene rings is 1. The molecule has 0 amide bonds. The largest absolute Gasteiger partial charge is 0.496 e. The van der Waals surface area contributed by atoms with Gasteiger partial charge in [-0.2, -0.15) is 10.1 Å². The highest BCUT2D eigenvalue weighted by molar-refractivity contribution is 5.65. The summed E-state index contributed by atoms with van der Waals surface area (Å²) in [6.07, 6.45) is 5.60. The quantitative estimate of drug-likeness (QED) is 0.604. The Kier molecular flexibility index (Phi) is 8.11. The van der Waals surface area contributed by atoms with Crippen molar-refractivity contribution in [3.8, 4) is 23.0 Å². The van der Waals surface area contributed by atoms with Crippen LogP contribution in [0.25, 0.3) is 11.4 Å². The molecule has 0 unspecified atom stereocenters. The Labute approximate surface area is 169 Å². The number of methoxy groups -OCH3 is 2. The van der Waals surface area contributed by atoms with E-state index in [1.807, 2.05) is 30.2 Å². The van der Waals surface area contributed by atoms with Gasteiger partial charge in [-0.1, -0.05) is 6.07 Å². The summed E-state index contributed by atoms with van der Waals surface area (Å²) in [5, 5.41) is 11.1. The van der Waals surface area contributed by atoms with E-state index in [-0.39, 0.29) is 6.47 Å². The van der Waals surface area contributed by atoms with E-state index in [4.69, 9.17) is 19.4 Å². The SMILES string of the molecule is COc1ccnc(-c2cc(CN(C)Cc3cnn(C)c3)ccc2OC)n1.O=CO. The molecule has 0 aliphatic rings. The maximum absolute atomic E-state index is 8.36. The Morgan fingerprint density at radius 1 is 1.17 bits per heavy atom. The van der Waals surface area contributed by atoms with E-state index in [1.165, 1.54) is 5.56 Å². The summed E-state index contributed by atoms with van der Waals surface area (Å²) in [5.41, 5.74) is 3.18. The van der Waals surface area contributed by atoms with Crippen molar-refractivity contribution in [3.05, 3.63) is 54.0 Å². The smallest absolute Gasteiger partial charge is 0.290 e. The average molecular weight is 399 g/mol. The number of carboxylic acid groups (broad SMARTS) is 1. The number of ether oxygens (including phenoxy) is 2. The van der Waals surface area contributed by atoms with Crippen LogP contribution in [0.1, 0.15) is 11.1 Å². The molecule has 0 bridgehead atoms. The predicted molar refractivity (Wildman–Crippen MR) is 108 cm³/mol. The third-order valence-corrected chi connectivity index (χ3v) is 4.01. The van der Waals surface area contributed by atoms with Crippen molar-refractivity contribution in [2.75, 3.05) is 21.3 Å². The van der Waals surface area contributed by atoms with Gasteiger partial charge >= 0.3 is 0 Å². The molecule has 0 spiro atoms. The number of hydrogen-bond acceptors (Lipinski definition) is 7. The molecular formula is C20H25N5O4. The first kappa shape index (κ1) is 21.8. The van der Waals surface area contributed by atoms with Gasteiger partial charge in [-0.3, -0.25) is 14.4 Å². The van der Waals surface area contributed by atoms with Gasteiger partial charge in [-0.05, 0) is 24.7 Å². The minimum Gasteiger partial charge on any atom is -0.496 e. The number of carbonyl (C=O) groups is 1. The normalized spacial score (nSPS) is 10.2. The summed E-state index contributed by atoms with van der Waals surface area (Å²) in [7, 11) is 7.24. The van der Waals surface area contributed by atoms with Crippen LogP contribution in [0, 0.1) is 0 Å². The van der Waals surface area contributed by atoms with E-state index in [0.717, 1.165) is 30.0 Å². The fraction of sp³-hybridized carbons (Fsp3) is 0.300. The predicted octanol–water partition coefficient (Wildman–Crippen LogP) is 2.23. The second kappa shape index (κ2) is 10.8. The lowest BCUT2D eigenvalue weighted by Crippen LogP contribution is -2.17. The van der Waals surface area contributed by atoms with E-state index in [9.17, 15) is 0 Å². The van der Waals surface area contributed by atoms with E-state index >= 15 is 0 Å². The van der Waals surface area contributed by atoms with Crippen LogP contribution in [-0.2, 0) is 24.9 Å². The zero-order valence-electron chi connectivity index (χ0n) is 16.9. The first-order valence-corrected chi connectivity index (χ1v) is 8.79. The lowest BCUT2D eigenvalue weighted by molar-refractivity contribution is -0.122. The zero-order valence-corrected chi connectivity index (χ0v) is 16.9. The molecule has 29 heavy (non-hydrogen) atoms. The van der Waals surface area contributed by atoms with Crippen LogP contribution in [0.15, 0.2) is 42.9 Å². The molecule has 3 aromatic rings. The molecule has 1 N–H and O–H groups in total. The topological polar surface area (TPSA) is 103 Å². The number of rotatable bonds is 7. The van der Waals surface area contributed by atoms with Crippen molar-refractivity contribution >= 4 is 6.47 Å². The molecule has 154 valence electrons. The molecule has 9 heteroatoms. The second-order valence-corrected chi connectivity index (χ2v) is 6.26. The lowest BCUT2D eigenvalue weighted by atomic mass is 10.1. The minimum atomic E-state index is -0.250. The highest BCUT2D eigenvalue weighted by Crippen LogP contribution is 2.29. The maximum Gasteiger partial charge on any atom is 0.290 e. The number of nitrogens with zero attached hydrogens (tertiary/aromatic N) is 5. The van der Waals surface area contributed by atoms with E-state index < -0.39 is 0 Å². The standard InChI is InChI=1S/C19H23N5O2.CH2O2/c1-23(12-15-10-21-24(2)13-15)11-14-5-6-17(25-3)16(9-14)19-20-8-7-18(22-19)26-4;2-1-3/h5-10,13H,11-12H2,1-4H3;1H,(H,2,3). The van der Waals surface area contributed by atoms with Crippen molar-refractivity contribution in [2.45, 2.75) is 13.1 Å². The summed E-state index contributed by atoms with van der Waals surface area (Å²) in [5.74, 6) is 1.84. The Morgan fingerprint density at radius 3 is 2.52 bits per heavy atom. The van der Waals surface area contributed by atoms with Gasteiger partial charge in [-0.25, -0.2) is 4.98 Å². The summed E-state index contributed by atoms with van der Waals surface area (Å²) in [6, 6.07) is 7.79. The third kappa shape index (κ3) is 6.28. The van der Waals surface area contributed by atoms with Crippen LogP contribution in [0.3, 0.4) is 0 Å². The monoisotopic (exact) mass is 399 g/mol. The highest BCUT2D eigenvalue weighted by Gasteiger charge is 2.12. The molecule has 2 heterocycles. The van der Waals surface area contributed by atoms with Crippen molar-refractivity contribution < 1.29 is 19.4 Å². The Balaban J connectivity index is 0.000000941. The van der Waals surface area contributed by atoms with Crippen LogP contribution in [-0.4, -0.2) is 57.5 Å². The van der Waals surface area contributed by atoms with E-state index in [2.05, 4.69) is 39.1 Å². The van der Waals surface area contributed by atoms with Gasteiger partial charge in [0, 0.05) is 44.2 Å². The first-order valence-electron chi connectivity index (χ1n) is 8.79. The molecule has 0 aliphatic carbocycles. The van der Waals surface area contributed by atoms with Crippen LogP contribution in [0.2, 0.25) is 0 Å². The van der Waals surface area contributed by atoms with Crippen molar-refractivity contribution in [1.82, 2.24) is 24.6 Å². The van der Waals surface area contributed by atoms with Gasteiger partial charge in [0.2, 0.25) is 5.88 Å². The minimum absolute atomic E-state index is 0.250. The highest BCUT2D eigenvalue weighted by atomic mass is 16.5. The van der Waals surface area contributed by atoms with Crippen molar-refractivity contribution in [3.63, 3.8) is 0 Å². The molecule has 0 saturated heterocycles. The van der Waals surface area contributed by atoms with Gasteiger partial charge in [0.25, 0.3) is 6.47 Å². The molecule has 0 fully saturated rings. The fourth-order valence-electron chi connectivity index (χ4n) is 2.85. The molecule has 0 atom stereocenters. The first-order chi connectivity index (χ1) is 14.0. The summed E-state index contributed by atoms with van der Waals surface area (Å²) < 4.78 is 12.5. The molecule has 2 aromatic heterocycles. The summed E-state index contributed by atoms with van der Waals surface area (Å²) in [6.45, 7) is 1.36. The number of aromatic nitrogens is 4. The maximum atomic E-state index is 8.36. The lowest BCUT2D eigenvalue weighted by Gasteiger charge is -2.17. The molecule has 1 aromatic carbocycles. The van der Waals surface area contributed by atoms with Crippen molar-refractivity contribution in [2.24, 2.45) is 7.05 Å². The Bertz CT molecular complexity index is 929. The third-order valence-electron chi connectivity index (χ3n) is 4.01. The van der Waals surface area contributed by atoms with Gasteiger partial charge in [-0.15, -0.1) is 0 Å². The van der Waals surface area contributed by atoms with Crippen molar-refractivity contribution in [1.29, 1.82) is 0 Å². The van der Waals surface area contributed by atoms with Crippen LogP contribution in [0.5, 0.6) is 11.6 Å². The average Bonchev–Trinajstić information content (AvgIpc) is 3.13. The fourth-order valence-corrected chi connectivity index (χ4v) is 2.85. The zero-order chi connectivity index (χ0) is 21.2. The van der Waals surface area contributed by atoms with Gasteiger partial charge in [0.05, 0.1) is 26.0 Å². The van der Waals surface area contributed by atoms with Gasteiger partial charge < -0.3 is 14.6 Å².